The van der Waals surface area contributed by atoms with E-state index in [2.05, 4.69) is 4.74 Å². The molecule has 0 aliphatic heterocycles. The number of benzene rings is 1. The molecule has 0 saturated carbocycles. The van der Waals surface area contributed by atoms with Crippen LogP contribution < -0.4 is 4.74 Å². The third-order valence-corrected chi connectivity index (χ3v) is 2.49. The number of unbranched alkanes of at least 4 members (excludes halogenated alkanes) is 1. The molecule has 0 aliphatic carbocycles. The van der Waals surface area contributed by atoms with Gasteiger partial charge in [-0.1, -0.05) is 17.7 Å². The lowest BCUT2D eigenvalue weighted by Gasteiger charge is -2.04. The van der Waals surface area contributed by atoms with Gasteiger partial charge >= 0.3 is 11.9 Å². The fraction of sp³-hybridized carbons (Fsp3) is 0.429. The van der Waals surface area contributed by atoms with E-state index in [0.29, 0.717) is 31.4 Å². The van der Waals surface area contributed by atoms with E-state index in [-0.39, 0.29) is 11.9 Å². The Hall–Kier alpha value is -1.84. The summed E-state index contributed by atoms with van der Waals surface area (Å²) in [6, 6.07) is 7.31. The molecule has 1 aromatic carbocycles. The van der Waals surface area contributed by atoms with Crippen molar-refractivity contribution in [2.75, 3.05) is 7.11 Å². The van der Waals surface area contributed by atoms with E-state index >= 15 is 0 Å². The summed E-state index contributed by atoms with van der Waals surface area (Å²) in [4.78, 5) is 22.3. The van der Waals surface area contributed by atoms with Crippen LogP contribution in [0.4, 0.5) is 0 Å². The molecule has 0 unspecified atom stereocenters. The zero-order valence-corrected chi connectivity index (χ0v) is 10.8. The number of esters is 2. The van der Waals surface area contributed by atoms with Crippen molar-refractivity contribution in [3.8, 4) is 5.75 Å². The van der Waals surface area contributed by atoms with Crippen LogP contribution in [0.15, 0.2) is 24.3 Å². The van der Waals surface area contributed by atoms with E-state index < -0.39 is 0 Å². The van der Waals surface area contributed by atoms with Crippen molar-refractivity contribution in [2.45, 2.75) is 32.6 Å². The summed E-state index contributed by atoms with van der Waals surface area (Å²) >= 11 is 0. The van der Waals surface area contributed by atoms with E-state index in [4.69, 9.17) is 4.74 Å². The summed E-state index contributed by atoms with van der Waals surface area (Å²) in [6.45, 7) is 1.97. The molecule has 4 heteroatoms. The number of carbonyl (C=O) groups excluding carboxylic acids is 2. The molecule has 0 fully saturated rings. The normalized spacial score (nSPS) is 9.89. The van der Waals surface area contributed by atoms with E-state index in [1.807, 2.05) is 19.1 Å². The first kappa shape index (κ1) is 14.2. The first-order valence-electron chi connectivity index (χ1n) is 5.96. The van der Waals surface area contributed by atoms with Crippen molar-refractivity contribution in [1.29, 1.82) is 0 Å². The highest BCUT2D eigenvalue weighted by molar-refractivity contribution is 5.72. The Bertz CT molecular complexity index is 395. The molecule has 98 valence electrons. The molecule has 1 aromatic rings. The van der Waals surface area contributed by atoms with Crippen LogP contribution >= 0.6 is 0 Å². The van der Waals surface area contributed by atoms with Gasteiger partial charge in [0.1, 0.15) is 5.75 Å². The highest BCUT2D eigenvalue weighted by atomic mass is 16.5. The second-order valence-corrected chi connectivity index (χ2v) is 4.07. The Morgan fingerprint density at radius 1 is 1.00 bits per heavy atom. The zero-order valence-electron chi connectivity index (χ0n) is 10.8. The van der Waals surface area contributed by atoms with Crippen LogP contribution in [0.2, 0.25) is 0 Å². The predicted molar refractivity (Wildman–Crippen MR) is 67.3 cm³/mol. The Balaban J connectivity index is 2.21. The van der Waals surface area contributed by atoms with Crippen LogP contribution in [-0.4, -0.2) is 19.0 Å². The van der Waals surface area contributed by atoms with E-state index in [1.165, 1.54) is 7.11 Å². The molecule has 0 heterocycles. The summed E-state index contributed by atoms with van der Waals surface area (Å²) in [5.74, 6) is 0.0317. The maximum atomic E-state index is 11.5. The molecule has 0 aliphatic rings. The molecule has 0 N–H and O–H groups in total. The minimum absolute atomic E-state index is 0.248. The summed E-state index contributed by atoms with van der Waals surface area (Å²) in [6.07, 6.45) is 1.91. The van der Waals surface area contributed by atoms with Crippen LogP contribution in [0.25, 0.3) is 0 Å². The van der Waals surface area contributed by atoms with Gasteiger partial charge in [-0.2, -0.15) is 0 Å². The molecule has 0 bridgehead atoms. The first-order chi connectivity index (χ1) is 8.61. The molecule has 1 rings (SSSR count). The van der Waals surface area contributed by atoms with Crippen LogP contribution in [0, 0.1) is 6.92 Å². The summed E-state index contributed by atoms with van der Waals surface area (Å²) in [7, 11) is 1.36. The topological polar surface area (TPSA) is 52.6 Å². The van der Waals surface area contributed by atoms with Crippen molar-refractivity contribution >= 4 is 11.9 Å². The van der Waals surface area contributed by atoms with Crippen LogP contribution in [0.1, 0.15) is 31.2 Å². The van der Waals surface area contributed by atoms with Crippen LogP contribution in [-0.2, 0) is 14.3 Å². The van der Waals surface area contributed by atoms with Gasteiger partial charge in [-0.05, 0) is 31.9 Å². The number of rotatable bonds is 6. The quantitative estimate of drug-likeness (QED) is 0.442. The number of hydrogen-bond donors (Lipinski definition) is 0. The standard InChI is InChI=1S/C14H18O4/c1-11-7-9-12(10-8-11)18-14(16)6-4-3-5-13(15)17-2/h7-10H,3-6H2,1-2H3. The lowest BCUT2D eigenvalue weighted by molar-refractivity contribution is -0.141. The SMILES string of the molecule is COC(=O)CCCCC(=O)Oc1ccc(C)cc1. The average molecular weight is 250 g/mol. The maximum absolute atomic E-state index is 11.5. The molecule has 0 atom stereocenters. The van der Waals surface area contributed by atoms with Gasteiger partial charge in [0.15, 0.2) is 0 Å². The molecule has 0 aromatic heterocycles. The van der Waals surface area contributed by atoms with Crippen molar-refractivity contribution in [3.05, 3.63) is 29.8 Å². The lowest BCUT2D eigenvalue weighted by atomic mass is 10.2. The number of ether oxygens (including phenoxy) is 2. The lowest BCUT2D eigenvalue weighted by Crippen LogP contribution is -2.08. The van der Waals surface area contributed by atoms with Gasteiger partial charge in [0.25, 0.3) is 0 Å². The molecule has 18 heavy (non-hydrogen) atoms. The highest BCUT2D eigenvalue weighted by Crippen LogP contribution is 2.13. The smallest absolute Gasteiger partial charge is 0.311 e. The van der Waals surface area contributed by atoms with E-state index in [9.17, 15) is 9.59 Å². The highest BCUT2D eigenvalue weighted by Gasteiger charge is 2.06. The van der Waals surface area contributed by atoms with Crippen molar-refractivity contribution in [2.24, 2.45) is 0 Å². The molecule has 0 spiro atoms. The van der Waals surface area contributed by atoms with Crippen molar-refractivity contribution < 1.29 is 19.1 Å². The summed E-state index contributed by atoms with van der Waals surface area (Å²) in [5.41, 5.74) is 1.12. The van der Waals surface area contributed by atoms with Crippen molar-refractivity contribution in [1.82, 2.24) is 0 Å². The van der Waals surface area contributed by atoms with Gasteiger partial charge in [0.05, 0.1) is 7.11 Å². The largest absolute Gasteiger partial charge is 0.469 e. The van der Waals surface area contributed by atoms with Crippen LogP contribution in [0.5, 0.6) is 5.75 Å². The maximum Gasteiger partial charge on any atom is 0.311 e. The fourth-order valence-electron chi connectivity index (χ4n) is 1.43. The Labute approximate surface area is 107 Å². The predicted octanol–water partition coefficient (Wildman–Crippen LogP) is 2.63. The van der Waals surface area contributed by atoms with Gasteiger partial charge in [-0.3, -0.25) is 9.59 Å². The Kier molecular flexibility index (Phi) is 5.91. The number of aryl methyl sites for hydroxylation is 1. The van der Waals surface area contributed by atoms with Gasteiger partial charge in [-0.25, -0.2) is 0 Å². The zero-order chi connectivity index (χ0) is 13.4. The first-order valence-corrected chi connectivity index (χ1v) is 5.96. The van der Waals surface area contributed by atoms with Gasteiger partial charge < -0.3 is 9.47 Å². The van der Waals surface area contributed by atoms with Gasteiger partial charge in [0, 0.05) is 12.8 Å². The number of carbonyl (C=O) groups is 2. The molecule has 0 saturated heterocycles. The summed E-state index contributed by atoms with van der Waals surface area (Å²) in [5, 5.41) is 0. The van der Waals surface area contributed by atoms with Gasteiger partial charge in [0.2, 0.25) is 0 Å². The molecule has 0 amide bonds. The molecule has 4 nitrogen and oxygen atoms in total. The number of hydrogen-bond acceptors (Lipinski definition) is 4. The molecule has 0 radical (unpaired) electrons. The molecular formula is C14H18O4. The van der Waals surface area contributed by atoms with Gasteiger partial charge in [-0.15, -0.1) is 0 Å². The van der Waals surface area contributed by atoms with Crippen molar-refractivity contribution in [3.63, 3.8) is 0 Å². The third-order valence-electron chi connectivity index (χ3n) is 2.49. The second-order valence-electron chi connectivity index (χ2n) is 4.07. The van der Waals surface area contributed by atoms with E-state index in [0.717, 1.165) is 5.56 Å². The van der Waals surface area contributed by atoms with Crippen LogP contribution in [0.3, 0.4) is 0 Å². The minimum atomic E-state index is -0.274. The monoisotopic (exact) mass is 250 g/mol. The minimum Gasteiger partial charge on any atom is -0.469 e. The molecular weight excluding hydrogens is 232 g/mol. The third kappa shape index (κ3) is 5.48. The number of methoxy groups -OCH3 is 1. The average Bonchev–Trinajstić information content (AvgIpc) is 2.37. The summed E-state index contributed by atoms with van der Waals surface area (Å²) < 4.78 is 9.66. The fourth-order valence-corrected chi connectivity index (χ4v) is 1.43. The Morgan fingerprint density at radius 3 is 2.11 bits per heavy atom. The Morgan fingerprint density at radius 2 is 1.56 bits per heavy atom. The van der Waals surface area contributed by atoms with E-state index in [1.54, 1.807) is 12.1 Å². The second kappa shape index (κ2) is 7.48.